The number of esters is 1. The molecule has 0 aliphatic rings. The summed E-state index contributed by atoms with van der Waals surface area (Å²) in [6.07, 6.45) is -0.676. The monoisotopic (exact) mass is 295 g/mol. The lowest BCUT2D eigenvalue weighted by molar-refractivity contribution is -0.142. The van der Waals surface area contributed by atoms with Gasteiger partial charge in [-0.2, -0.15) is 0 Å². The molecule has 5 heteroatoms. The molecule has 0 heterocycles. The van der Waals surface area contributed by atoms with Crippen molar-refractivity contribution in [3.63, 3.8) is 0 Å². The Bertz CT molecular complexity index is 430. The summed E-state index contributed by atoms with van der Waals surface area (Å²) in [5, 5.41) is 13.7. The molecule has 0 fully saturated rings. The van der Waals surface area contributed by atoms with Crippen LogP contribution in [-0.2, 0) is 9.53 Å². The summed E-state index contributed by atoms with van der Waals surface area (Å²) in [5.41, 5.74) is 0.737. The molecule has 1 rings (SSSR count). The van der Waals surface area contributed by atoms with Crippen LogP contribution >= 0.6 is 0 Å². The zero-order chi connectivity index (χ0) is 15.8. The van der Waals surface area contributed by atoms with E-state index in [1.165, 1.54) is 7.11 Å². The van der Waals surface area contributed by atoms with Crippen LogP contribution < -0.4 is 10.1 Å². The molecule has 0 aliphatic heterocycles. The highest BCUT2D eigenvalue weighted by Crippen LogP contribution is 2.22. The largest absolute Gasteiger partial charge is 0.494 e. The van der Waals surface area contributed by atoms with Gasteiger partial charge in [0.15, 0.2) is 0 Å². The van der Waals surface area contributed by atoms with Crippen molar-refractivity contribution in [1.82, 2.24) is 5.32 Å². The maximum Gasteiger partial charge on any atom is 0.307 e. The number of carbonyl (C=O) groups is 1. The first kappa shape index (κ1) is 17.5. The number of hydrogen-bond donors (Lipinski definition) is 2. The molecule has 1 aromatic carbocycles. The average molecular weight is 295 g/mol. The van der Waals surface area contributed by atoms with Gasteiger partial charge in [0.2, 0.25) is 0 Å². The van der Waals surface area contributed by atoms with Gasteiger partial charge >= 0.3 is 5.97 Å². The SMILES string of the molecule is CCOc1ccc(C(O)C(CC(=O)OC)NC(C)C)cc1. The predicted octanol–water partition coefficient (Wildman–Crippen LogP) is 2.05. The van der Waals surface area contributed by atoms with E-state index in [4.69, 9.17) is 4.74 Å². The number of hydrogen-bond acceptors (Lipinski definition) is 5. The van der Waals surface area contributed by atoms with E-state index >= 15 is 0 Å². The molecule has 0 amide bonds. The van der Waals surface area contributed by atoms with Gasteiger partial charge < -0.3 is 19.9 Å². The number of benzene rings is 1. The van der Waals surface area contributed by atoms with E-state index in [2.05, 4.69) is 10.1 Å². The van der Waals surface area contributed by atoms with Gasteiger partial charge in [0.25, 0.3) is 0 Å². The lowest BCUT2D eigenvalue weighted by Gasteiger charge is -2.25. The van der Waals surface area contributed by atoms with E-state index in [0.717, 1.165) is 11.3 Å². The predicted molar refractivity (Wildman–Crippen MR) is 81.3 cm³/mol. The summed E-state index contributed by atoms with van der Waals surface area (Å²) < 4.78 is 10.1. The smallest absolute Gasteiger partial charge is 0.307 e. The van der Waals surface area contributed by atoms with Crippen LogP contribution in [0, 0.1) is 0 Å². The van der Waals surface area contributed by atoms with Crippen LogP contribution in [0.2, 0.25) is 0 Å². The standard InChI is InChI=1S/C16H25NO4/c1-5-21-13-8-6-12(7-9-13)16(19)14(17-11(2)3)10-15(18)20-4/h6-9,11,14,16-17,19H,5,10H2,1-4H3. The van der Waals surface area contributed by atoms with Crippen LogP contribution in [0.25, 0.3) is 0 Å². The van der Waals surface area contributed by atoms with Crippen molar-refractivity contribution >= 4 is 5.97 Å². The summed E-state index contributed by atoms with van der Waals surface area (Å²) in [6.45, 7) is 6.45. The molecule has 0 saturated carbocycles. The second-order valence-corrected chi connectivity index (χ2v) is 5.16. The second kappa shape index (κ2) is 8.64. The molecule has 5 nitrogen and oxygen atoms in total. The fraction of sp³-hybridized carbons (Fsp3) is 0.562. The number of aliphatic hydroxyl groups excluding tert-OH is 1. The minimum atomic E-state index is -0.790. The Morgan fingerprint density at radius 2 is 1.90 bits per heavy atom. The third-order valence-electron chi connectivity index (χ3n) is 3.08. The Labute approximate surface area is 126 Å². The molecule has 21 heavy (non-hydrogen) atoms. The normalized spacial score (nSPS) is 13.8. The molecule has 0 spiro atoms. The zero-order valence-corrected chi connectivity index (χ0v) is 13.1. The second-order valence-electron chi connectivity index (χ2n) is 5.16. The minimum absolute atomic E-state index is 0.114. The molecule has 0 aliphatic carbocycles. The minimum Gasteiger partial charge on any atom is -0.494 e. The first-order chi connectivity index (χ1) is 9.97. The van der Waals surface area contributed by atoms with Gasteiger partial charge in [0.1, 0.15) is 5.75 Å². The van der Waals surface area contributed by atoms with Gasteiger partial charge in [-0.1, -0.05) is 26.0 Å². The van der Waals surface area contributed by atoms with Gasteiger partial charge in [-0.15, -0.1) is 0 Å². The zero-order valence-electron chi connectivity index (χ0n) is 13.1. The number of carbonyl (C=O) groups excluding carboxylic acids is 1. The van der Waals surface area contributed by atoms with Gasteiger partial charge in [0, 0.05) is 12.1 Å². The number of nitrogens with one attached hydrogen (secondary N) is 1. The van der Waals surface area contributed by atoms with Crippen molar-refractivity contribution in [3.05, 3.63) is 29.8 Å². The molecular weight excluding hydrogens is 270 g/mol. The van der Waals surface area contributed by atoms with E-state index in [1.54, 1.807) is 0 Å². The van der Waals surface area contributed by atoms with Gasteiger partial charge in [-0.3, -0.25) is 4.79 Å². The molecule has 118 valence electrons. The molecule has 2 N–H and O–H groups in total. The number of methoxy groups -OCH3 is 1. The van der Waals surface area contributed by atoms with Crippen molar-refractivity contribution in [3.8, 4) is 5.75 Å². The lowest BCUT2D eigenvalue weighted by atomic mass is 9.99. The Balaban J connectivity index is 2.82. The van der Waals surface area contributed by atoms with Crippen LogP contribution in [-0.4, -0.2) is 36.9 Å². The number of rotatable bonds is 8. The van der Waals surface area contributed by atoms with Gasteiger partial charge in [0.05, 0.1) is 26.2 Å². The maximum atomic E-state index is 11.5. The molecule has 1 aromatic rings. The van der Waals surface area contributed by atoms with E-state index in [0.29, 0.717) is 6.61 Å². The molecule has 0 bridgehead atoms. The summed E-state index contributed by atoms with van der Waals surface area (Å²) in [6, 6.07) is 7.00. The Morgan fingerprint density at radius 1 is 1.29 bits per heavy atom. The topological polar surface area (TPSA) is 67.8 Å². The maximum absolute atomic E-state index is 11.5. The summed E-state index contributed by atoms with van der Waals surface area (Å²) in [7, 11) is 1.35. The first-order valence-corrected chi connectivity index (χ1v) is 7.21. The number of aliphatic hydroxyl groups is 1. The summed E-state index contributed by atoms with van der Waals surface area (Å²) in [5.74, 6) is 0.410. The van der Waals surface area contributed by atoms with Crippen LogP contribution in [0.1, 0.15) is 38.9 Å². The molecule has 0 aromatic heterocycles. The van der Waals surface area contributed by atoms with Crippen LogP contribution in [0.15, 0.2) is 24.3 Å². The highest BCUT2D eigenvalue weighted by Gasteiger charge is 2.24. The molecule has 2 atom stereocenters. The first-order valence-electron chi connectivity index (χ1n) is 7.21. The van der Waals surface area contributed by atoms with Crippen molar-refractivity contribution in [1.29, 1.82) is 0 Å². The van der Waals surface area contributed by atoms with Crippen LogP contribution in [0.4, 0.5) is 0 Å². The molecule has 0 saturated heterocycles. The Kier molecular flexibility index (Phi) is 7.19. The van der Waals surface area contributed by atoms with Crippen molar-refractivity contribution in [2.24, 2.45) is 0 Å². The third kappa shape index (κ3) is 5.73. The van der Waals surface area contributed by atoms with Gasteiger partial charge in [-0.25, -0.2) is 0 Å². The van der Waals surface area contributed by atoms with E-state index < -0.39 is 12.1 Å². The van der Waals surface area contributed by atoms with Crippen molar-refractivity contribution in [2.75, 3.05) is 13.7 Å². The number of ether oxygens (including phenoxy) is 2. The highest BCUT2D eigenvalue weighted by molar-refractivity contribution is 5.70. The molecular formula is C16H25NO4. The van der Waals surface area contributed by atoms with E-state index in [9.17, 15) is 9.90 Å². The van der Waals surface area contributed by atoms with Crippen molar-refractivity contribution < 1.29 is 19.4 Å². The quantitative estimate of drug-likeness (QED) is 0.718. The molecule has 0 radical (unpaired) electrons. The average Bonchev–Trinajstić information content (AvgIpc) is 2.46. The highest BCUT2D eigenvalue weighted by atomic mass is 16.5. The van der Waals surface area contributed by atoms with E-state index in [1.807, 2.05) is 45.0 Å². The summed E-state index contributed by atoms with van der Waals surface area (Å²) >= 11 is 0. The Morgan fingerprint density at radius 3 is 2.38 bits per heavy atom. The van der Waals surface area contributed by atoms with E-state index in [-0.39, 0.29) is 18.4 Å². The fourth-order valence-corrected chi connectivity index (χ4v) is 2.11. The molecule has 2 unspecified atom stereocenters. The van der Waals surface area contributed by atoms with Crippen molar-refractivity contribution in [2.45, 2.75) is 45.4 Å². The fourth-order valence-electron chi connectivity index (χ4n) is 2.11. The Hall–Kier alpha value is -1.59. The van der Waals surface area contributed by atoms with Gasteiger partial charge in [-0.05, 0) is 24.6 Å². The third-order valence-corrected chi connectivity index (χ3v) is 3.08. The summed E-state index contributed by atoms with van der Waals surface area (Å²) in [4.78, 5) is 11.5. The lowest BCUT2D eigenvalue weighted by Crippen LogP contribution is -2.41. The van der Waals surface area contributed by atoms with Crippen LogP contribution in [0.5, 0.6) is 5.75 Å². The van der Waals surface area contributed by atoms with Crippen LogP contribution in [0.3, 0.4) is 0 Å².